The lowest BCUT2D eigenvalue weighted by atomic mass is 10.0. The Morgan fingerprint density at radius 1 is 1.43 bits per heavy atom. The molecular weight excluding hydrogens is 272 g/mol. The van der Waals surface area contributed by atoms with E-state index in [1.807, 2.05) is 0 Å². The lowest BCUT2D eigenvalue weighted by Crippen LogP contribution is -2.42. The van der Waals surface area contributed by atoms with Crippen LogP contribution in [0.5, 0.6) is 0 Å². The Kier molecular flexibility index (Phi) is 5.01. The predicted octanol–water partition coefficient (Wildman–Crippen LogP) is 1.16. The van der Waals surface area contributed by atoms with Crippen LogP contribution in [0.4, 0.5) is 0 Å². The second-order valence-electron chi connectivity index (χ2n) is 5.70. The molecule has 2 N–H and O–H groups in total. The number of aliphatic hydroxyl groups is 1. The van der Waals surface area contributed by atoms with Crippen molar-refractivity contribution < 1.29 is 19.1 Å². The number of hydrogen-bond donors (Lipinski definition) is 2. The highest BCUT2D eigenvalue weighted by molar-refractivity contribution is 5.94. The first-order valence-corrected chi connectivity index (χ1v) is 7.27. The van der Waals surface area contributed by atoms with Gasteiger partial charge in [-0.05, 0) is 18.9 Å². The molecule has 2 amide bonds. The van der Waals surface area contributed by atoms with Crippen LogP contribution in [0.2, 0.25) is 0 Å². The minimum atomic E-state index is -0.732. The summed E-state index contributed by atoms with van der Waals surface area (Å²) in [6, 6.07) is 1.57. The fourth-order valence-electron chi connectivity index (χ4n) is 2.69. The van der Waals surface area contributed by atoms with E-state index in [9.17, 15) is 14.7 Å². The number of carbonyl (C=O) groups excluding carboxylic acids is 2. The van der Waals surface area contributed by atoms with Crippen molar-refractivity contribution in [3.05, 3.63) is 24.2 Å². The van der Waals surface area contributed by atoms with E-state index in [4.69, 9.17) is 4.42 Å². The lowest BCUT2D eigenvalue weighted by Gasteiger charge is -2.28. The Labute approximate surface area is 124 Å². The number of nitrogens with zero attached hydrogens (tertiary/aromatic N) is 1. The molecule has 1 aliphatic rings. The Bertz CT molecular complexity index is 478. The fourth-order valence-corrected chi connectivity index (χ4v) is 2.69. The zero-order valence-electron chi connectivity index (χ0n) is 12.3. The summed E-state index contributed by atoms with van der Waals surface area (Å²) in [6.45, 7) is 0.632. The Morgan fingerprint density at radius 3 is 2.76 bits per heavy atom. The summed E-state index contributed by atoms with van der Waals surface area (Å²) in [4.78, 5) is 25.2. The van der Waals surface area contributed by atoms with Gasteiger partial charge in [-0.2, -0.15) is 0 Å². The van der Waals surface area contributed by atoms with Gasteiger partial charge in [0, 0.05) is 26.6 Å². The molecule has 0 aliphatic heterocycles. The Morgan fingerprint density at radius 2 is 2.14 bits per heavy atom. The molecule has 1 fully saturated rings. The van der Waals surface area contributed by atoms with Crippen molar-refractivity contribution in [3.63, 3.8) is 0 Å². The summed E-state index contributed by atoms with van der Waals surface area (Å²) >= 11 is 0. The van der Waals surface area contributed by atoms with Gasteiger partial charge in [0.15, 0.2) is 0 Å². The van der Waals surface area contributed by atoms with Crippen LogP contribution in [-0.4, -0.2) is 47.6 Å². The van der Waals surface area contributed by atoms with Gasteiger partial charge < -0.3 is 19.7 Å². The number of hydrogen-bond acceptors (Lipinski definition) is 4. The third-order valence-electron chi connectivity index (χ3n) is 3.90. The topological polar surface area (TPSA) is 82.8 Å². The SMILES string of the molecule is CN(CC1(O)CCCC1)C(=O)CCNC(=O)c1ccoc1. The molecule has 116 valence electrons. The molecule has 0 saturated heterocycles. The van der Waals surface area contributed by atoms with Crippen molar-refractivity contribution >= 4 is 11.8 Å². The summed E-state index contributed by atoms with van der Waals surface area (Å²) in [5.41, 5.74) is -0.291. The maximum Gasteiger partial charge on any atom is 0.254 e. The van der Waals surface area contributed by atoms with Crippen molar-refractivity contribution in [2.24, 2.45) is 0 Å². The van der Waals surface area contributed by atoms with Gasteiger partial charge in [-0.3, -0.25) is 9.59 Å². The minimum Gasteiger partial charge on any atom is -0.472 e. The third kappa shape index (κ3) is 4.32. The van der Waals surface area contributed by atoms with Crippen molar-refractivity contribution in [3.8, 4) is 0 Å². The van der Waals surface area contributed by atoms with Gasteiger partial charge in [-0.1, -0.05) is 12.8 Å². The van der Waals surface area contributed by atoms with Crippen LogP contribution >= 0.6 is 0 Å². The lowest BCUT2D eigenvalue weighted by molar-refractivity contribution is -0.133. The Hall–Kier alpha value is -1.82. The van der Waals surface area contributed by atoms with Crippen molar-refractivity contribution in [2.75, 3.05) is 20.1 Å². The summed E-state index contributed by atoms with van der Waals surface area (Å²) in [5.74, 6) is -0.337. The third-order valence-corrected chi connectivity index (χ3v) is 3.90. The van der Waals surface area contributed by atoms with E-state index in [-0.39, 0.29) is 24.8 Å². The molecule has 21 heavy (non-hydrogen) atoms. The van der Waals surface area contributed by atoms with E-state index in [1.165, 1.54) is 12.5 Å². The molecule has 1 aromatic rings. The van der Waals surface area contributed by atoms with Crippen LogP contribution < -0.4 is 5.32 Å². The van der Waals surface area contributed by atoms with Crippen LogP contribution in [0.25, 0.3) is 0 Å². The zero-order valence-corrected chi connectivity index (χ0v) is 12.3. The number of likely N-dealkylation sites (N-methyl/N-ethyl adjacent to an activating group) is 1. The highest BCUT2D eigenvalue weighted by atomic mass is 16.3. The molecule has 1 saturated carbocycles. The van der Waals surface area contributed by atoms with Crippen LogP contribution in [0.15, 0.2) is 23.0 Å². The van der Waals surface area contributed by atoms with Gasteiger partial charge >= 0.3 is 0 Å². The molecule has 0 spiro atoms. The highest BCUT2D eigenvalue weighted by Crippen LogP contribution is 2.29. The summed E-state index contributed by atoms with van der Waals surface area (Å²) in [5, 5.41) is 12.9. The van der Waals surface area contributed by atoms with E-state index < -0.39 is 5.60 Å². The monoisotopic (exact) mass is 294 g/mol. The molecule has 1 aliphatic carbocycles. The van der Waals surface area contributed by atoms with Crippen molar-refractivity contribution in [1.82, 2.24) is 10.2 Å². The molecule has 0 radical (unpaired) electrons. The second-order valence-corrected chi connectivity index (χ2v) is 5.70. The Balaban J connectivity index is 1.70. The smallest absolute Gasteiger partial charge is 0.254 e. The average Bonchev–Trinajstić information content (AvgIpc) is 3.09. The number of rotatable bonds is 6. The number of amides is 2. The second kappa shape index (κ2) is 6.76. The van der Waals surface area contributed by atoms with Crippen LogP contribution in [0.1, 0.15) is 42.5 Å². The van der Waals surface area contributed by atoms with Gasteiger partial charge in [0.25, 0.3) is 5.91 Å². The van der Waals surface area contributed by atoms with Crippen LogP contribution in [0.3, 0.4) is 0 Å². The molecule has 0 atom stereocenters. The molecule has 1 aromatic heterocycles. The molecule has 0 unspecified atom stereocenters. The zero-order chi connectivity index (χ0) is 15.3. The van der Waals surface area contributed by atoms with Gasteiger partial charge in [-0.15, -0.1) is 0 Å². The average molecular weight is 294 g/mol. The summed E-state index contributed by atoms with van der Waals surface area (Å²) < 4.78 is 4.82. The number of nitrogens with one attached hydrogen (secondary N) is 1. The molecular formula is C15H22N2O4. The van der Waals surface area contributed by atoms with E-state index >= 15 is 0 Å². The minimum absolute atomic E-state index is 0.0807. The van der Waals surface area contributed by atoms with Gasteiger partial charge in [0.1, 0.15) is 6.26 Å². The predicted molar refractivity (Wildman–Crippen MR) is 76.7 cm³/mol. The van der Waals surface area contributed by atoms with Gasteiger partial charge in [0.05, 0.1) is 17.4 Å². The largest absolute Gasteiger partial charge is 0.472 e. The van der Waals surface area contributed by atoms with Gasteiger partial charge in [-0.25, -0.2) is 0 Å². The standard InChI is InChI=1S/C15H22N2O4/c1-17(11-15(20)6-2-3-7-15)13(18)4-8-16-14(19)12-5-9-21-10-12/h5,9-10,20H,2-4,6-8,11H2,1H3,(H,16,19). The maximum absolute atomic E-state index is 12.0. The first-order valence-electron chi connectivity index (χ1n) is 7.27. The van der Waals surface area contributed by atoms with Crippen LogP contribution in [-0.2, 0) is 4.79 Å². The highest BCUT2D eigenvalue weighted by Gasteiger charge is 2.33. The van der Waals surface area contributed by atoms with E-state index in [0.29, 0.717) is 12.1 Å². The molecule has 1 heterocycles. The first kappa shape index (κ1) is 15.6. The summed E-state index contributed by atoms with van der Waals surface area (Å²) in [6.07, 6.45) is 6.54. The van der Waals surface area contributed by atoms with E-state index in [0.717, 1.165) is 25.7 Å². The quantitative estimate of drug-likeness (QED) is 0.825. The summed E-state index contributed by atoms with van der Waals surface area (Å²) in [7, 11) is 1.69. The normalized spacial score (nSPS) is 16.7. The van der Waals surface area contributed by atoms with Crippen LogP contribution in [0, 0.1) is 0 Å². The van der Waals surface area contributed by atoms with Crippen molar-refractivity contribution in [2.45, 2.75) is 37.7 Å². The van der Waals surface area contributed by atoms with E-state index in [1.54, 1.807) is 18.0 Å². The first-order chi connectivity index (χ1) is 10.0. The van der Waals surface area contributed by atoms with Gasteiger partial charge in [0.2, 0.25) is 5.91 Å². The number of furan rings is 1. The van der Waals surface area contributed by atoms with Crippen molar-refractivity contribution in [1.29, 1.82) is 0 Å². The molecule has 0 bridgehead atoms. The fraction of sp³-hybridized carbons (Fsp3) is 0.600. The van der Waals surface area contributed by atoms with E-state index in [2.05, 4.69) is 5.32 Å². The maximum atomic E-state index is 12.0. The molecule has 6 nitrogen and oxygen atoms in total. The molecule has 0 aromatic carbocycles. The number of carbonyl (C=O) groups is 2. The molecule has 2 rings (SSSR count). The molecule has 6 heteroatoms.